The predicted molar refractivity (Wildman–Crippen MR) is 64.5 cm³/mol. The molecule has 3 nitrogen and oxygen atoms in total. The molecule has 2 unspecified atom stereocenters. The largest absolute Gasteiger partial charge is 0.398 e. The Balaban J connectivity index is 2.24. The quantitative estimate of drug-likeness (QED) is 0.770. The van der Waals surface area contributed by atoms with Crippen LogP contribution in [0.2, 0.25) is 0 Å². The lowest BCUT2D eigenvalue weighted by molar-refractivity contribution is 0.00709. The van der Waals surface area contributed by atoms with Crippen LogP contribution < -0.4 is 11.5 Å². The van der Waals surface area contributed by atoms with Crippen molar-refractivity contribution in [2.24, 2.45) is 5.73 Å². The monoisotopic (exact) mass is 270 g/mol. The van der Waals surface area contributed by atoms with Gasteiger partial charge in [0.25, 0.3) is 0 Å². The molecule has 0 saturated carbocycles. The number of rotatable bonds is 1. The smallest absolute Gasteiger partial charge is 0.0859 e. The second kappa shape index (κ2) is 4.51. The van der Waals surface area contributed by atoms with Gasteiger partial charge < -0.3 is 16.2 Å². The van der Waals surface area contributed by atoms with Crippen LogP contribution in [0.25, 0.3) is 0 Å². The van der Waals surface area contributed by atoms with Gasteiger partial charge in [-0.1, -0.05) is 15.9 Å². The SMILES string of the molecule is Nc1ccc(Br)cc1C1CC(N)CCO1. The van der Waals surface area contributed by atoms with E-state index in [0.29, 0.717) is 0 Å². The number of halogens is 1. The van der Waals surface area contributed by atoms with Gasteiger partial charge in [-0.2, -0.15) is 0 Å². The molecule has 1 fully saturated rings. The van der Waals surface area contributed by atoms with Crippen molar-refractivity contribution in [3.63, 3.8) is 0 Å². The highest BCUT2D eigenvalue weighted by molar-refractivity contribution is 9.10. The molecular formula is C11H15BrN2O. The number of ether oxygens (including phenoxy) is 1. The Kier molecular flexibility index (Phi) is 3.29. The van der Waals surface area contributed by atoms with Crippen LogP contribution >= 0.6 is 15.9 Å². The van der Waals surface area contributed by atoms with Crippen molar-refractivity contribution in [3.05, 3.63) is 28.2 Å². The minimum atomic E-state index is 0.0475. The molecule has 82 valence electrons. The van der Waals surface area contributed by atoms with Gasteiger partial charge in [-0.3, -0.25) is 0 Å². The summed E-state index contributed by atoms with van der Waals surface area (Å²) in [5, 5.41) is 0. The van der Waals surface area contributed by atoms with E-state index >= 15 is 0 Å². The van der Waals surface area contributed by atoms with Gasteiger partial charge in [0, 0.05) is 28.4 Å². The molecule has 1 aromatic carbocycles. The lowest BCUT2D eigenvalue weighted by Crippen LogP contribution is -2.30. The fourth-order valence-electron chi connectivity index (χ4n) is 1.86. The Labute approximate surface area is 97.9 Å². The highest BCUT2D eigenvalue weighted by atomic mass is 79.9. The van der Waals surface area contributed by atoms with E-state index in [2.05, 4.69) is 15.9 Å². The summed E-state index contributed by atoms with van der Waals surface area (Å²) < 4.78 is 6.71. The summed E-state index contributed by atoms with van der Waals surface area (Å²) in [5.74, 6) is 0. The van der Waals surface area contributed by atoms with E-state index in [9.17, 15) is 0 Å². The molecule has 2 rings (SSSR count). The zero-order valence-corrected chi connectivity index (χ0v) is 10.0. The highest BCUT2D eigenvalue weighted by Gasteiger charge is 2.23. The Morgan fingerprint density at radius 3 is 2.93 bits per heavy atom. The van der Waals surface area contributed by atoms with Gasteiger partial charge in [-0.05, 0) is 31.0 Å². The first-order valence-electron chi connectivity index (χ1n) is 5.09. The van der Waals surface area contributed by atoms with E-state index in [0.717, 1.165) is 35.2 Å². The number of benzene rings is 1. The zero-order chi connectivity index (χ0) is 10.8. The minimum Gasteiger partial charge on any atom is -0.398 e. The van der Waals surface area contributed by atoms with Crippen LogP contribution in [0, 0.1) is 0 Å². The molecule has 1 aliphatic heterocycles. The predicted octanol–water partition coefficient (Wildman–Crippen LogP) is 2.21. The van der Waals surface area contributed by atoms with Crippen LogP contribution in [0.3, 0.4) is 0 Å². The lowest BCUT2D eigenvalue weighted by Gasteiger charge is -2.28. The summed E-state index contributed by atoms with van der Waals surface area (Å²) >= 11 is 3.44. The van der Waals surface area contributed by atoms with Crippen LogP contribution in [0.15, 0.2) is 22.7 Å². The Morgan fingerprint density at radius 2 is 2.20 bits per heavy atom. The van der Waals surface area contributed by atoms with Crippen LogP contribution in [0.5, 0.6) is 0 Å². The lowest BCUT2D eigenvalue weighted by atomic mass is 9.97. The molecular weight excluding hydrogens is 256 g/mol. The maximum Gasteiger partial charge on any atom is 0.0859 e. The summed E-state index contributed by atoms with van der Waals surface area (Å²) in [4.78, 5) is 0. The molecule has 0 spiro atoms. The van der Waals surface area contributed by atoms with Gasteiger partial charge in [0.05, 0.1) is 6.10 Å². The van der Waals surface area contributed by atoms with Gasteiger partial charge in [0.15, 0.2) is 0 Å². The van der Waals surface area contributed by atoms with E-state index in [4.69, 9.17) is 16.2 Å². The van der Waals surface area contributed by atoms with Crippen LogP contribution in [0.4, 0.5) is 5.69 Å². The van der Waals surface area contributed by atoms with Crippen molar-refractivity contribution in [1.82, 2.24) is 0 Å². The third-order valence-corrected chi connectivity index (χ3v) is 3.21. The third kappa shape index (κ3) is 2.51. The third-order valence-electron chi connectivity index (χ3n) is 2.72. The van der Waals surface area contributed by atoms with Crippen molar-refractivity contribution in [1.29, 1.82) is 0 Å². The average molecular weight is 271 g/mol. The average Bonchev–Trinajstić information content (AvgIpc) is 2.22. The van der Waals surface area contributed by atoms with E-state index < -0.39 is 0 Å². The first-order valence-corrected chi connectivity index (χ1v) is 5.88. The fourth-order valence-corrected chi connectivity index (χ4v) is 2.24. The van der Waals surface area contributed by atoms with Crippen molar-refractivity contribution < 1.29 is 4.74 Å². The molecule has 1 aromatic rings. The van der Waals surface area contributed by atoms with Gasteiger partial charge in [-0.25, -0.2) is 0 Å². The summed E-state index contributed by atoms with van der Waals surface area (Å²) in [5.41, 5.74) is 13.7. The summed E-state index contributed by atoms with van der Waals surface area (Å²) in [7, 11) is 0. The zero-order valence-electron chi connectivity index (χ0n) is 8.45. The molecule has 0 amide bonds. The second-order valence-corrected chi connectivity index (χ2v) is 4.83. The molecule has 4 N–H and O–H groups in total. The topological polar surface area (TPSA) is 61.3 Å². The number of anilines is 1. The summed E-state index contributed by atoms with van der Waals surface area (Å²) in [6.07, 6.45) is 1.83. The highest BCUT2D eigenvalue weighted by Crippen LogP contribution is 2.32. The van der Waals surface area contributed by atoms with Crippen LogP contribution in [-0.4, -0.2) is 12.6 Å². The van der Waals surface area contributed by atoms with Gasteiger partial charge in [0.2, 0.25) is 0 Å². The molecule has 1 saturated heterocycles. The molecule has 2 atom stereocenters. The number of nitrogen functional groups attached to an aromatic ring is 1. The maximum absolute atomic E-state index is 5.92. The fraction of sp³-hybridized carbons (Fsp3) is 0.455. The maximum atomic E-state index is 5.92. The Hall–Kier alpha value is -0.580. The normalized spacial score (nSPS) is 26.5. The van der Waals surface area contributed by atoms with Gasteiger partial charge in [-0.15, -0.1) is 0 Å². The standard InChI is InChI=1S/C11H15BrN2O/c12-7-1-2-10(14)9(5-7)11-6-8(13)3-4-15-11/h1-2,5,8,11H,3-4,6,13-14H2. The van der Waals surface area contributed by atoms with Gasteiger partial charge in [0.1, 0.15) is 0 Å². The van der Waals surface area contributed by atoms with E-state index in [-0.39, 0.29) is 12.1 Å². The van der Waals surface area contributed by atoms with Gasteiger partial charge >= 0.3 is 0 Å². The molecule has 0 aliphatic carbocycles. The molecule has 1 heterocycles. The Bertz CT molecular complexity index is 356. The van der Waals surface area contributed by atoms with E-state index in [1.54, 1.807) is 0 Å². The molecule has 15 heavy (non-hydrogen) atoms. The first-order chi connectivity index (χ1) is 7.16. The second-order valence-electron chi connectivity index (χ2n) is 3.92. The van der Waals surface area contributed by atoms with Crippen molar-refractivity contribution in [2.75, 3.05) is 12.3 Å². The minimum absolute atomic E-state index is 0.0475. The first kappa shape index (κ1) is 10.9. The Morgan fingerprint density at radius 1 is 1.40 bits per heavy atom. The summed E-state index contributed by atoms with van der Waals surface area (Å²) in [6.45, 7) is 0.720. The number of nitrogens with two attached hydrogens (primary N) is 2. The number of hydrogen-bond acceptors (Lipinski definition) is 3. The molecule has 0 aromatic heterocycles. The van der Waals surface area contributed by atoms with Crippen molar-refractivity contribution in [3.8, 4) is 0 Å². The van der Waals surface area contributed by atoms with E-state index in [1.165, 1.54) is 0 Å². The molecule has 4 heteroatoms. The van der Waals surface area contributed by atoms with E-state index in [1.807, 2.05) is 18.2 Å². The molecule has 1 aliphatic rings. The molecule has 0 bridgehead atoms. The van der Waals surface area contributed by atoms with Crippen LogP contribution in [0.1, 0.15) is 24.5 Å². The van der Waals surface area contributed by atoms with Crippen molar-refractivity contribution in [2.45, 2.75) is 25.0 Å². The van der Waals surface area contributed by atoms with Crippen LogP contribution in [-0.2, 0) is 4.74 Å². The number of hydrogen-bond donors (Lipinski definition) is 2. The molecule has 0 radical (unpaired) electrons. The summed E-state index contributed by atoms with van der Waals surface area (Å²) in [6, 6.07) is 6.06. The van der Waals surface area contributed by atoms with Crippen molar-refractivity contribution >= 4 is 21.6 Å².